The molecule has 82 valence electrons. The lowest BCUT2D eigenvalue weighted by molar-refractivity contribution is -0.420. The second-order valence-electron chi connectivity index (χ2n) is 3.75. The van der Waals surface area contributed by atoms with Crippen LogP contribution in [0.3, 0.4) is 0 Å². The van der Waals surface area contributed by atoms with Crippen molar-refractivity contribution in [1.82, 2.24) is 0 Å². The second kappa shape index (κ2) is 4.27. The first kappa shape index (κ1) is 11.5. The Bertz CT molecular complexity index is 310. The molecule has 1 aliphatic carbocycles. The maximum Gasteiger partial charge on any atom is 0.267 e. The minimum atomic E-state index is -3.88. The average molecular weight is 221 g/mol. The molecule has 0 aromatic heterocycles. The first-order chi connectivity index (χ1) is 6.39. The molecule has 0 unspecified atom stereocenters. The van der Waals surface area contributed by atoms with Crippen LogP contribution in [0.25, 0.3) is 0 Å². The molecule has 0 bridgehead atoms. The van der Waals surface area contributed by atoms with E-state index in [4.69, 9.17) is 4.55 Å². The molecule has 0 amide bonds. The quantitative estimate of drug-likeness (QED) is 0.244. The molecule has 1 N–H and O–H groups in total. The molecule has 0 heterocycles. The van der Waals surface area contributed by atoms with Crippen molar-refractivity contribution in [3.05, 3.63) is 5.21 Å². The van der Waals surface area contributed by atoms with E-state index in [0.717, 1.165) is 4.74 Å². The van der Waals surface area contributed by atoms with E-state index in [1.54, 1.807) is 6.21 Å². The molecule has 1 fully saturated rings. The van der Waals surface area contributed by atoms with Gasteiger partial charge in [-0.05, 0) is 25.7 Å². The van der Waals surface area contributed by atoms with E-state index in [-0.39, 0.29) is 5.92 Å². The van der Waals surface area contributed by atoms with Gasteiger partial charge in [-0.2, -0.15) is 8.42 Å². The molecule has 5 nitrogen and oxygen atoms in total. The van der Waals surface area contributed by atoms with E-state index in [9.17, 15) is 13.6 Å². The molecule has 0 aromatic carbocycles. The van der Waals surface area contributed by atoms with E-state index in [1.165, 1.54) is 7.05 Å². The van der Waals surface area contributed by atoms with Crippen molar-refractivity contribution < 1.29 is 17.7 Å². The molecule has 6 heteroatoms. The average Bonchev–Trinajstić information content (AvgIpc) is 2.02. The lowest BCUT2D eigenvalue weighted by Crippen LogP contribution is -2.27. The molecule has 1 saturated carbocycles. The van der Waals surface area contributed by atoms with E-state index in [2.05, 4.69) is 0 Å². The molecular formula is C8H15NO4S. The van der Waals surface area contributed by atoms with Crippen molar-refractivity contribution >= 4 is 16.3 Å². The Balaban J connectivity index is 2.51. The van der Waals surface area contributed by atoms with Crippen molar-refractivity contribution in [2.45, 2.75) is 30.9 Å². The Morgan fingerprint density at radius 3 is 2.21 bits per heavy atom. The zero-order chi connectivity index (χ0) is 10.8. The highest BCUT2D eigenvalue weighted by Crippen LogP contribution is 2.26. The first-order valence-electron chi connectivity index (χ1n) is 4.61. The van der Waals surface area contributed by atoms with Crippen molar-refractivity contribution in [2.75, 3.05) is 7.05 Å². The Morgan fingerprint density at radius 1 is 1.36 bits per heavy atom. The third kappa shape index (κ3) is 3.26. The fourth-order valence-corrected chi connectivity index (χ4v) is 2.70. The van der Waals surface area contributed by atoms with Gasteiger partial charge in [0.15, 0.2) is 6.21 Å². The Kier molecular flexibility index (Phi) is 3.49. The van der Waals surface area contributed by atoms with Gasteiger partial charge in [0.25, 0.3) is 10.1 Å². The highest BCUT2D eigenvalue weighted by atomic mass is 32.2. The summed E-state index contributed by atoms with van der Waals surface area (Å²) in [6.45, 7) is 0. The van der Waals surface area contributed by atoms with Crippen LogP contribution in [0.1, 0.15) is 25.7 Å². The summed E-state index contributed by atoms with van der Waals surface area (Å²) in [4.78, 5) is 0. The molecule has 0 saturated heterocycles. The molecule has 0 aromatic rings. The molecule has 0 spiro atoms. The third-order valence-corrected chi connectivity index (χ3v) is 3.87. The summed E-state index contributed by atoms with van der Waals surface area (Å²) in [5.74, 6) is 0.149. The molecule has 0 aliphatic heterocycles. The fraction of sp³-hybridized carbons (Fsp3) is 0.875. The standard InChI is InChI=1S/C8H15NO4S/c1-9(10)6-7-2-4-8(5-3-7)14(11,12)13/h6-8H,2-5H2,1H3,(H,11,12,13). The van der Waals surface area contributed by atoms with Crippen LogP contribution in [-0.4, -0.2) is 36.2 Å². The van der Waals surface area contributed by atoms with Crippen molar-refractivity contribution in [3.63, 3.8) is 0 Å². The van der Waals surface area contributed by atoms with Gasteiger partial charge in [-0.3, -0.25) is 4.55 Å². The summed E-state index contributed by atoms with van der Waals surface area (Å²) in [6, 6.07) is 0. The Labute approximate surface area is 83.8 Å². The molecule has 0 atom stereocenters. The van der Waals surface area contributed by atoms with Crippen LogP contribution < -0.4 is 0 Å². The van der Waals surface area contributed by atoms with Gasteiger partial charge in [-0.1, -0.05) is 0 Å². The zero-order valence-corrected chi connectivity index (χ0v) is 8.90. The second-order valence-corrected chi connectivity index (χ2v) is 5.44. The largest absolute Gasteiger partial charge is 0.624 e. The molecular weight excluding hydrogens is 206 g/mol. The summed E-state index contributed by atoms with van der Waals surface area (Å²) in [5.41, 5.74) is 0. The molecule has 1 aliphatic rings. The van der Waals surface area contributed by atoms with Crippen LogP contribution in [0.5, 0.6) is 0 Å². The smallest absolute Gasteiger partial charge is 0.267 e. The lowest BCUT2D eigenvalue weighted by atomic mass is 9.90. The maximum atomic E-state index is 10.8. The Hall–Kier alpha value is -0.620. The zero-order valence-electron chi connectivity index (χ0n) is 8.09. The highest BCUT2D eigenvalue weighted by Gasteiger charge is 2.29. The number of hydrogen-bond donors (Lipinski definition) is 1. The van der Waals surface area contributed by atoms with Gasteiger partial charge in [-0.15, -0.1) is 0 Å². The van der Waals surface area contributed by atoms with Crippen molar-refractivity contribution in [1.29, 1.82) is 0 Å². The predicted molar refractivity (Wildman–Crippen MR) is 52.9 cm³/mol. The highest BCUT2D eigenvalue weighted by molar-refractivity contribution is 7.86. The number of hydrogen-bond acceptors (Lipinski definition) is 3. The number of rotatable bonds is 2. The summed E-state index contributed by atoms with van der Waals surface area (Å²) in [5, 5.41) is 10.0. The summed E-state index contributed by atoms with van der Waals surface area (Å²) >= 11 is 0. The van der Waals surface area contributed by atoms with E-state index in [1.807, 2.05) is 0 Å². The summed E-state index contributed by atoms with van der Waals surface area (Å²) in [7, 11) is -2.47. The third-order valence-electron chi connectivity index (χ3n) is 2.56. The van der Waals surface area contributed by atoms with E-state index >= 15 is 0 Å². The van der Waals surface area contributed by atoms with Crippen molar-refractivity contribution in [2.24, 2.45) is 5.92 Å². The predicted octanol–water partition coefficient (Wildman–Crippen LogP) is 0.644. The number of hydroxylamine groups is 1. The maximum absolute atomic E-state index is 10.8. The normalized spacial score (nSPS) is 30.3. The van der Waals surface area contributed by atoms with Crippen molar-refractivity contribution in [3.8, 4) is 0 Å². The van der Waals surface area contributed by atoms with Gasteiger partial charge in [0.2, 0.25) is 0 Å². The topological polar surface area (TPSA) is 80.4 Å². The van der Waals surface area contributed by atoms with E-state index < -0.39 is 15.4 Å². The van der Waals surface area contributed by atoms with E-state index in [0.29, 0.717) is 25.7 Å². The van der Waals surface area contributed by atoms with Crippen LogP contribution >= 0.6 is 0 Å². The van der Waals surface area contributed by atoms with Gasteiger partial charge in [0.05, 0.1) is 5.25 Å². The number of nitrogens with zero attached hydrogens (tertiary/aromatic N) is 1. The molecule has 1 rings (SSSR count). The minimum Gasteiger partial charge on any atom is -0.624 e. The van der Waals surface area contributed by atoms with Gasteiger partial charge >= 0.3 is 0 Å². The van der Waals surface area contributed by atoms with Gasteiger partial charge in [-0.25, -0.2) is 4.74 Å². The molecule has 0 radical (unpaired) electrons. The summed E-state index contributed by atoms with van der Waals surface area (Å²) in [6.07, 6.45) is 3.73. The van der Waals surface area contributed by atoms with Gasteiger partial charge < -0.3 is 5.21 Å². The lowest BCUT2D eigenvalue weighted by Gasteiger charge is -2.22. The molecule has 14 heavy (non-hydrogen) atoms. The van der Waals surface area contributed by atoms with Crippen LogP contribution in [0, 0.1) is 11.1 Å². The summed E-state index contributed by atoms with van der Waals surface area (Å²) < 4.78 is 31.1. The van der Waals surface area contributed by atoms with Crippen LogP contribution in [-0.2, 0) is 10.1 Å². The van der Waals surface area contributed by atoms with Crippen LogP contribution in [0.4, 0.5) is 0 Å². The van der Waals surface area contributed by atoms with Crippen LogP contribution in [0.2, 0.25) is 0 Å². The fourth-order valence-electron chi connectivity index (χ4n) is 1.83. The minimum absolute atomic E-state index is 0.149. The van der Waals surface area contributed by atoms with Gasteiger partial charge in [0.1, 0.15) is 7.05 Å². The SMILES string of the molecule is C[N+]([O-])=CC1CCC(S(=O)(=O)O)CC1. The van der Waals surface area contributed by atoms with Gasteiger partial charge in [0, 0.05) is 5.92 Å². The monoisotopic (exact) mass is 221 g/mol. The van der Waals surface area contributed by atoms with Crippen LogP contribution in [0.15, 0.2) is 0 Å². The first-order valence-corrected chi connectivity index (χ1v) is 6.11. The Morgan fingerprint density at radius 2 is 1.86 bits per heavy atom.